The van der Waals surface area contributed by atoms with Gasteiger partial charge in [-0.15, -0.1) is 0 Å². The number of hydrogen-bond acceptors (Lipinski definition) is 6. The first-order valence-corrected chi connectivity index (χ1v) is 8.40. The van der Waals surface area contributed by atoms with Crippen LogP contribution in [0.25, 0.3) is 0 Å². The molecule has 1 aromatic rings. The van der Waals surface area contributed by atoms with Crippen LogP contribution in [0.1, 0.15) is 38.7 Å². The predicted octanol–water partition coefficient (Wildman–Crippen LogP) is 0.666. The average Bonchev–Trinajstić information content (AvgIpc) is 3.00. The molecule has 0 radical (unpaired) electrons. The molecule has 1 unspecified atom stereocenters. The van der Waals surface area contributed by atoms with E-state index in [4.69, 9.17) is 10.5 Å². The van der Waals surface area contributed by atoms with Crippen LogP contribution in [-0.4, -0.2) is 53.4 Å². The largest absolute Gasteiger partial charge is 0.378 e. The van der Waals surface area contributed by atoms with Gasteiger partial charge in [-0.2, -0.15) is 0 Å². The molecule has 0 aliphatic carbocycles. The van der Waals surface area contributed by atoms with Gasteiger partial charge >= 0.3 is 11.8 Å². The van der Waals surface area contributed by atoms with E-state index in [2.05, 4.69) is 36.1 Å². The van der Waals surface area contributed by atoms with Gasteiger partial charge in [-0.25, -0.2) is 9.97 Å². The molecule has 0 aromatic carbocycles. The Balaban J connectivity index is 2.02. The molecule has 1 aromatic heterocycles. The van der Waals surface area contributed by atoms with Crippen molar-refractivity contribution in [1.82, 2.24) is 14.9 Å². The zero-order valence-corrected chi connectivity index (χ0v) is 15.3. The molecule has 2 amide bonds. The Morgan fingerprint density at radius 1 is 1.40 bits per heavy atom. The summed E-state index contributed by atoms with van der Waals surface area (Å²) in [5, 5.41) is 3.33. The van der Waals surface area contributed by atoms with E-state index in [0.29, 0.717) is 26.2 Å². The Labute approximate surface area is 148 Å². The van der Waals surface area contributed by atoms with Gasteiger partial charge in [-0.3, -0.25) is 9.59 Å². The van der Waals surface area contributed by atoms with E-state index in [1.165, 1.54) is 4.90 Å². The van der Waals surface area contributed by atoms with Crippen LogP contribution < -0.4 is 11.1 Å². The van der Waals surface area contributed by atoms with Crippen LogP contribution in [0.2, 0.25) is 0 Å². The molecule has 0 bridgehead atoms. The summed E-state index contributed by atoms with van der Waals surface area (Å²) in [4.78, 5) is 33.3. The van der Waals surface area contributed by atoms with Crippen LogP contribution in [-0.2, 0) is 26.3 Å². The molecule has 8 heteroatoms. The van der Waals surface area contributed by atoms with E-state index >= 15 is 0 Å². The third-order valence-electron chi connectivity index (χ3n) is 4.10. The van der Waals surface area contributed by atoms with Gasteiger partial charge in [0.1, 0.15) is 11.6 Å². The number of hydrogen-bond donors (Lipinski definition) is 2. The Kier molecular flexibility index (Phi) is 5.94. The second-order valence-electron chi connectivity index (χ2n) is 7.40. The van der Waals surface area contributed by atoms with E-state index in [0.717, 1.165) is 23.8 Å². The van der Waals surface area contributed by atoms with Gasteiger partial charge in [-0.05, 0) is 12.3 Å². The minimum absolute atomic E-state index is 0.168. The molecule has 1 atom stereocenters. The maximum absolute atomic E-state index is 11.6. The topological polar surface area (TPSA) is 110 Å². The summed E-state index contributed by atoms with van der Waals surface area (Å²) in [6, 6.07) is 1.88. The summed E-state index contributed by atoms with van der Waals surface area (Å²) in [6.45, 7) is 8.35. The molecule has 0 spiro atoms. The normalized spacial score (nSPS) is 17.6. The van der Waals surface area contributed by atoms with Crippen LogP contribution >= 0.6 is 0 Å². The summed E-state index contributed by atoms with van der Waals surface area (Å²) < 4.78 is 5.19. The standard InChI is InChI=1S/C17H27N5O3/c1-17(2,3)16-20-12(10-25-4)7-13(21-16)19-8-11-5-6-22(9-11)15(24)14(18)23/h7,11H,5-6,8-10H2,1-4H3,(H2,18,23)(H,19,20,21). The lowest BCUT2D eigenvalue weighted by Gasteiger charge is -2.20. The van der Waals surface area contributed by atoms with Crippen molar-refractivity contribution < 1.29 is 14.3 Å². The number of nitrogens with zero attached hydrogens (tertiary/aromatic N) is 3. The maximum Gasteiger partial charge on any atom is 0.311 e. The molecule has 2 rings (SSSR count). The number of rotatable bonds is 5. The first-order chi connectivity index (χ1) is 11.7. The number of primary amides is 1. The van der Waals surface area contributed by atoms with Gasteiger partial charge in [0.25, 0.3) is 0 Å². The summed E-state index contributed by atoms with van der Waals surface area (Å²) in [5.74, 6) is 0.237. The van der Waals surface area contributed by atoms with E-state index in [1.54, 1.807) is 7.11 Å². The SMILES string of the molecule is COCc1cc(NCC2CCN(C(=O)C(N)=O)C2)nc(C(C)(C)C)n1. The fraction of sp³-hybridized carbons (Fsp3) is 0.647. The van der Waals surface area contributed by atoms with Gasteiger partial charge in [0.2, 0.25) is 0 Å². The van der Waals surface area contributed by atoms with E-state index < -0.39 is 11.8 Å². The van der Waals surface area contributed by atoms with Crippen LogP contribution in [0.15, 0.2) is 6.07 Å². The second-order valence-corrected chi connectivity index (χ2v) is 7.40. The van der Waals surface area contributed by atoms with E-state index in [-0.39, 0.29) is 11.3 Å². The molecule has 1 aliphatic heterocycles. The fourth-order valence-corrected chi connectivity index (χ4v) is 2.73. The molecule has 1 fully saturated rings. The number of amides is 2. The number of anilines is 1. The van der Waals surface area contributed by atoms with Crippen molar-refractivity contribution in [3.05, 3.63) is 17.6 Å². The number of likely N-dealkylation sites (tertiary alicyclic amines) is 1. The quantitative estimate of drug-likeness (QED) is 0.756. The van der Waals surface area contributed by atoms with Gasteiger partial charge in [0, 0.05) is 38.2 Å². The van der Waals surface area contributed by atoms with E-state index in [9.17, 15) is 9.59 Å². The number of nitrogens with one attached hydrogen (secondary N) is 1. The lowest BCUT2D eigenvalue weighted by molar-refractivity contribution is -0.143. The van der Waals surface area contributed by atoms with Crippen molar-refractivity contribution in [2.75, 3.05) is 32.1 Å². The lowest BCUT2D eigenvalue weighted by Crippen LogP contribution is -2.39. The number of ether oxygens (including phenoxy) is 1. The molecule has 2 heterocycles. The number of aromatic nitrogens is 2. The van der Waals surface area contributed by atoms with Gasteiger partial charge < -0.3 is 20.7 Å². The first kappa shape index (κ1) is 19.1. The molecule has 0 saturated carbocycles. The van der Waals surface area contributed by atoms with Crippen LogP contribution in [0.4, 0.5) is 5.82 Å². The van der Waals surface area contributed by atoms with E-state index in [1.807, 2.05) is 6.07 Å². The van der Waals surface area contributed by atoms with Crippen molar-refractivity contribution >= 4 is 17.6 Å². The third kappa shape index (κ3) is 5.12. The number of nitrogens with two attached hydrogens (primary N) is 1. The average molecular weight is 349 g/mol. The zero-order valence-electron chi connectivity index (χ0n) is 15.3. The van der Waals surface area contributed by atoms with Gasteiger partial charge in [0.05, 0.1) is 12.3 Å². The summed E-state index contributed by atoms with van der Waals surface area (Å²) in [5.41, 5.74) is 5.71. The first-order valence-electron chi connectivity index (χ1n) is 8.40. The van der Waals surface area contributed by atoms with Crippen molar-refractivity contribution in [2.45, 2.75) is 39.2 Å². The lowest BCUT2D eigenvalue weighted by atomic mass is 9.95. The second kappa shape index (κ2) is 7.77. The van der Waals surface area contributed by atoms with Crippen molar-refractivity contribution in [3.63, 3.8) is 0 Å². The molecular weight excluding hydrogens is 322 g/mol. The van der Waals surface area contributed by atoms with Crippen LogP contribution in [0.5, 0.6) is 0 Å². The molecule has 1 aliphatic rings. The Morgan fingerprint density at radius 3 is 2.72 bits per heavy atom. The summed E-state index contributed by atoms with van der Waals surface area (Å²) in [7, 11) is 1.63. The van der Waals surface area contributed by atoms with Crippen molar-refractivity contribution in [1.29, 1.82) is 0 Å². The molecule has 25 heavy (non-hydrogen) atoms. The van der Waals surface area contributed by atoms with Gasteiger partial charge in [-0.1, -0.05) is 20.8 Å². The summed E-state index contributed by atoms with van der Waals surface area (Å²) >= 11 is 0. The fourth-order valence-electron chi connectivity index (χ4n) is 2.73. The zero-order chi connectivity index (χ0) is 18.6. The van der Waals surface area contributed by atoms with Gasteiger partial charge in [0.15, 0.2) is 0 Å². The van der Waals surface area contributed by atoms with Crippen molar-refractivity contribution in [3.8, 4) is 0 Å². The third-order valence-corrected chi connectivity index (χ3v) is 4.10. The number of carbonyl (C=O) groups excluding carboxylic acids is 2. The molecule has 8 nitrogen and oxygen atoms in total. The Morgan fingerprint density at radius 2 is 2.12 bits per heavy atom. The number of carbonyl (C=O) groups is 2. The Bertz CT molecular complexity index is 642. The highest BCUT2D eigenvalue weighted by atomic mass is 16.5. The highest BCUT2D eigenvalue weighted by molar-refractivity contribution is 6.34. The minimum atomic E-state index is -0.900. The highest BCUT2D eigenvalue weighted by Crippen LogP contribution is 2.22. The van der Waals surface area contributed by atoms with Crippen LogP contribution in [0, 0.1) is 5.92 Å². The minimum Gasteiger partial charge on any atom is -0.378 e. The smallest absolute Gasteiger partial charge is 0.311 e. The molecular formula is C17H27N5O3. The monoisotopic (exact) mass is 349 g/mol. The number of methoxy groups -OCH3 is 1. The Hall–Kier alpha value is -2.22. The molecule has 138 valence electrons. The summed E-state index contributed by atoms with van der Waals surface area (Å²) in [6.07, 6.45) is 0.828. The maximum atomic E-state index is 11.6. The van der Waals surface area contributed by atoms with Crippen LogP contribution in [0.3, 0.4) is 0 Å². The van der Waals surface area contributed by atoms with Crippen molar-refractivity contribution in [2.24, 2.45) is 11.7 Å². The molecule has 1 saturated heterocycles. The molecule has 3 N–H and O–H groups in total. The predicted molar refractivity (Wildman–Crippen MR) is 93.8 cm³/mol. The highest BCUT2D eigenvalue weighted by Gasteiger charge is 2.28.